The lowest BCUT2D eigenvalue weighted by Crippen LogP contribution is -2.35. The van der Waals surface area contributed by atoms with E-state index in [1.165, 1.54) is 6.07 Å². The number of hydrogen-bond acceptors (Lipinski definition) is 3. The van der Waals surface area contributed by atoms with Gasteiger partial charge >= 0.3 is 6.18 Å². The van der Waals surface area contributed by atoms with Crippen LogP contribution in [-0.2, 0) is 6.18 Å². The summed E-state index contributed by atoms with van der Waals surface area (Å²) in [7, 11) is 7.49. The molecular formula is C13H19F3N4O. The number of pyridine rings is 1. The quantitative estimate of drug-likeness (QED) is 0.484. The Morgan fingerprint density at radius 3 is 2.24 bits per heavy atom. The molecule has 0 aliphatic carbocycles. The third kappa shape index (κ3) is 5.49. The zero-order valence-electron chi connectivity index (χ0n) is 12.5. The van der Waals surface area contributed by atoms with Gasteiger partial charge in [0.2, 0.25) is 5.88 Å². The van der Waals surface area contributed by atoms with Crippen molar-refractivity contribution in [2.75, 3.05) is 41.3 Å². The Morgan fingerprint density at radius 2 is 1.81 bits per heavy atom. The average Bonchev–Trinajstić information content (AvgIpc) is 2.37. The lowest BCUT2D eigenvalue weighted by atomic mass is 10.3. The molecule has 0 saturated heterocycles. The predicted octanol–water partition coefficient (Wildman–Crippen LogP) is 1.96. The summed E-state index contributed by atoms with van der Waals surface area (Å²) in [6.07, 6.45) is -3.63. The molecule has 1 aromatic rings. The summed E-state index contributed by atoms with van der Waals surface area (Å²) in [5.74, 6) is 0.924. The lowest BCUT2D eigenvalue weighted by Gasteiger charge is -2.22. The average molecular weight is 304 g/mol. The molecule has 0 spiro atoms. The molecule has 0 unspecified atom stereocenters. The minimum Gasteiger partial charge on any atom is -0.476 e. The number of aromatic nitrogens is 1. The molecule has 1 heterocycles. The van der Waals surface area contributed by atoms with Crippen molar-refractivity contribution >= 4 is 5.96 Å². The van der Waals surface area contributed by atoms with E-state index in [0.717, 1.165) is 18.2 Å². The monoisotopic (exact) mass is 304 g/mol. The molecule has 0 fully saturated rings. The summed E-state index contributed by atoms with van der Waals surface area (Å²) in [5, 5.41) is 0. The lowest BCUT2D eigenvalue weighted by molar-refractivity contribution is -0.137. The first kappa shape index (κ1) is 17.1. The molecule has 0 N–H and O–H groups in total. The number of halogens is 3. The Kier molecular flexibility index (Phi) is 5.80. The third-order valence-electron chi connectivity index (χ3n) is 2.46. The van der Waals surface area contributed by atoms with Crippen LogP contribution in [0.4, 0.5) is 13.2 Å². The zero-order valence-corrected chi connectivity index (χ0v) is 12.5. The molecule has 0 aromatic carbocycles. The molecule has 0 radical (unpaired) electrons. The van der Waals surface area contributed by atoms with Crippen LogP contribution in [0.25, 0.3) is 0 Å². The molecule has 0 bridgehead atoms. The number of rotatable bonds is 4. The van der Waals surface area contributed by atoms with E-state index < -0.39 is 11.7 Å². The summed E-state index contributed by atoms with van der Waals surface area (Å²) < 4.78 is 42.3. The minimum absolute atomic E-state index is 0.148. The highest BCUT2D eigenvalue weighted by Crippen LogP contribution is 2.29. The topological polar surface area (TPSA) is 41.0 Å². The highest BCUT2D eigenvalue weighted by atomic mass is 19.4. The Balaban J connectivity index is 2.51. The van der Waals surface area contributed by atoms with Crippen molar-refractivity contribution in [2.45, 2.75) is 6.18 Å². The second-order valence-corrected chi connectivity index (χ2v) is 4.70. The first-order valence-electron chi connectivity index (χ1n) is 6.27. The van der Waals surface area contributed by atoms with Crippen LogP contribution >= 0.6 is 0 Å². The molecule has 5 nitrogen and oxygen atoms in total. The number of hydrogen-bond donors (Lipinski definition) is 0. The van der Waals surface area contributed by atoms with E-state index in [0.29, 0.717) is 6.54 Å². The summed E-state index contributed by atoms with van der Waals surface area (Å²) in [5.41, 5.74) is -0.796. The van der Waals surface area contributed by atoms with E-state index in [-0.39, 0.29) is 12.5 Å². The fraction of sp³-hybridized carbons (Fsp3) is 0.538. The number of alkyl halides is 3. The van der Waals surface area contributed by atoms with Crippen molar-refractivity contribution in [2.24, 2.45) is 4.99 Å². The van der Waals surface area contributed by atoms with Gasteiger partial charge in [0.25, 0.3) is 0 Å². The normalized spacial score (nSPS) is 11.0. The van der Waals surface area contributed by atoms with Gasteiger partial charge in [-0.3, -0.25) is 0 Å². The van der Waals surface area contributed by atoms with Crippen molar-refractivity contribution in [3.63, 3.8) is 0 Å². The van der Waals surface area contributed by atoms with Crippen molar-refractivity contribution in [1.29, 1.82) is 0 Å². The second kappa shape index (κ2) is 7.14. The smallest absolute Gasteiger partial charge is 0.417 e. The van der Waals surface area contributed by atoms with Crippen LogP contribution in [0.15, 0.2) is 23.3 Å². The standard InChI is InChI=1S/C13H19F3N4O/c1-19(2)12(20(3)4)17-7-8-21-11-6-5-10(9-18-11)13(14,15)16/h5-6,9H,7-8H2,1-4H3. The van der Waals surface area contributed by atoms with Crippen LogP contribution in [-0.4, -0.2) is 62.1 Å². The molecule has 1 aromatic heterocycles. The minimum atomic E-state index is -4.39. The zero-order chi connectivity index (χ0) is 16.0. The van der Waals surface area contributed by atoms with Crippen LogP contribution in [0.1, 0.15) is 5.56 Å². The van der Waals surface area contributed by atoms with Crippen molar-refractivity contribution in [3.8, 4) is 5.88 Å². The van der Waals surface area contributed by atoms with Gasteiger partial charge in [0.1, 0.15) is 6.61 Å². The molecule has 118 valence electrons. The van der Waals surface area contributed by atoms with E-state index in [4.69, 9.17) is 4.74 Å². The molecule has 21 heavy (non-hydrogen) atoms. The van der Waals surface area contributed by atoms with E-state index in [1.807, 2.05) is 38.0 Å². The summed E-state index contributed by atoms with van der Waals surface area (Å²) in [4.78, 5) is 11.7. The van der Waals surface area contributed by atoms with Gasteiger partial charge in [0.15, 0.2) is 5.96 Å². The van der Waals surface area contributed by atoms with Gasteiger partial charge < -0.3 is 14.5 Å². The first-order chi connectivity index (χ1) is 9.71. The van der Waals surface area contributed by atoms with Crippen LogP contribution in [0, 0.1) is 0 Å². The predicted molar refractivity (Wildman–Crippen MR) is 74.4 cm³/mol. The van der Waals surface area contributed by atoms with Crippen LogP contribution in [0.5, 0.6) is 5.88 Å². The molecular weight excluding hydrogens is 285 g/mol. The van der Waals surface area contributed by atoms with Crippen LogP contribution < -0.4 is 4.74 Å². The molecule has 0 amide bonds. The molecule has 1 rings (SSSR count). The maximum absolute atomic E-state index is 12.4. The van der Waals surface area contributed by atoms with Crippen LogP contribution in [0.3, 0.4) is 0 Å². The highest BCUT2D eigenvalue weighted by molar-refractivity contribution is 5.79. The third-order valence-corrected chi connectivity index (χ3v) is 2.46. The number of aliphatic imine (C=N–C) groups is 1. The van der Waals surface area contributed by atoms with E-state index >= 15 is 0 Å². The van der Waals surface area contributed by atoms with Crippen molar-refractivity contribution in [3.05, 3.63) is 23.9 Å². The molecule has 8 heteroatoms. The first-order valence-corrected chi connectivity index (χ1v) is 6.27. The van der Waals surface area contributed by atoms with Gasteiger partial charge in [-0.15, -0.1) is 0 Å². The Hall–Kier alpha value is -1.99. The molecule has 0 atom stereocenters. The van der Waals surface area contributed by atoms with Crippen LogP contribution in [0.2, 0.25) is 0 Å². The number of nitrogens with zero attached hydrogens (tertiary/aromatic N) is 4. The largest absolute Gasteiger partial charge is 0.476 e. The fourth-order valence-corrected chi connectivity index (χ4v) is 1.61. The fourth-order valence-electron chi connectivity index (χ4n) is 1.61. The van der Waals surface area contributed by atoms with Gasteiger partial charge in [0.05, 0.1) is 12.1 Å². The molecule has 0 saturated carbocycles. The summed E-state index contributed by atoms with van der Waals surface area (Å²) in [6, 6.07) is 2.14. The van der Waals surface area contributed by atoms with Gasteiger partial charge in [-0.1, -0.05) is 0 Å². The highest BCUT2D eigenvalue weighted by Gasteiger charge is 2.30. The summed E-state index contributed by atoms with van der Waals surface area (Å²) >= 11 is 0. The Bertz CT molecular complexity index is 459. The van der Waals surface area contributed by atoms with Gasteiger partial charge in [-0.2, -0.15) is 13.2 Å². The van der Waals surface area contributed by atoms with E-state index in [9.17, 15) is 13.2 Å². The van der Waals surface area contributed by atoms with Crippen molar-refractivity contribution < 1.29 is 17.9 Å². The molecule has 0 aliphatic rings. The Labute approximate surface area is 122 Å². The second-order valence-electron chi connectivity index (χ2n) is 4.70. The molecule has 0 aliphatic heterocycles. The van der Waals surface area contributed by atoms with Gasteiger partial charge in [0, 0.05) is 40.5 Å². The number of ether oxygens (including phenoxy) is 1. The van der Waals surface area contributed by atoms with Crippen molar-refractivity contribution in [1.82, 2.24) is 14.8 Å². The number of guanidine groups is 1. The van der Waals surface area contributed by atoms with E-state index in [2.05, 4.69) is 9.98 Å². The Morgan fingerprint density at radius 1 is 1.19 bits per heavy atom. The summed E-state index contributed by atoms with van der Waals surface area (Å²) in [6.45, 7) is 0.623. The maximum Gasteiger partial charge on any atom is 0.417 e. The van der Waals surface area contributed by atoms with Gasteiger partial charge in [-0.25, -0.2) is 9.98 Å². The maximum atomic E-state index is 12.4. The SMILES string of the molecule is CN(C)C(=NCCOc1ccc(C(F)(F)F)cn1)N(C)C. The van der Waals surface area contributed by atoms with E-state index in [1.54, 1.807) is 0 Å². The van der Waals surface area contributed by atoms with Gasteiger partial charge in [-0.05, 0) is 6.07 Å².